The molecule has 0 aliphatic carbocycles. The number of carboxylic acid groups (broad SMARTS) is 1. The Kier molecular flexibility index (Phi) is 3.60. The van der Waals surface area contributed by atoms with Crippen molar-refractivity contribution in [3.63, 3.8) is 0 Å². The van der Waals surface area contributed by atoms with Crippen LogP contribution in [0.3, 0.4) is 0 Å². The van der Waals surface area contributed by atoms with Crippen molar-refractivity contribution in [3.05, 3.63) is 29.3 Å². The van der Waals surface area contributed by atoms with Gasteiger partial charge in [-0.3, -0.25) is 4.79 Å². The summed E-state index contributed by atoms with van der Waals surface area (Å²) in [6.45, 7) is -0.741. The molecule has 0 aliphatic heterocycles. The molecular weight excluding hydrogens is 214 g/mol. The van der Waals surface area contributed by atoms with Crippen LogP contribution in [0.15, 0.2) is 18.2 Å². The summed E-state index contributed by atoms with van der Waals surface area (Å²) >= 11 is 0. The Morgan fingerprint density at radius 1 is 1.31 bits per heavy atom. The quantitative estimate of drug-likeness (QED) is 0.405. The third kappa shape index (κ3) is 2.18. The van der Waals surface area contributed by atoms with Crippen LogP contribution in [0.1, 0.15) is 20.7 Å². The van der Waals surface area contributed by atoms with Crippen LogP contribution >= 0.6 is 0 Å². The fourth-order valence-electron chi connectivity index (χ4n) is 1.23. The average molecular weight is 225 g/mol. The highest BCUT2D eigenvalue weighted by Gasteiger charge is 2.21. The molecule has 0 saturated heterocycles. The molecule has 6 heteroatoms. The molecule has 6 nitrogen and oxygen atoms in total. The fourth-order valence-corrected chi connectivity index (χ4v) is 1.23. The van der Waals surface area contributed by atoms with E-state index in [9.17, 15) is 9.59 Å². The van der Waals surface area contributed by atoms with Gasteiger partial charge in [0.25, 0.3) is 0 Å². The molecule has 16 heavy (non-hydrogen) atoms. The monoisotopic (exact) mass is 225 g/mol. The van der Waals surface area contributed by atoms with E-state index < -0.39 is 24.5 Å². The van der Waals surface area contributed by atoms with Crippen molar-refractivity contribution in [2.24, 2.45) is 0 Å². The van der Waals surface area contributed by atoms with Gasteiger partial charge in [0.2, 0.25) is 0 Å². The molecule has 0 amide bonds. The van der Waals surface area contributed by atoms with Gasteiger partial charge >= 0.3 is 5.97 Å². The second-order valence-corrected chi connectivity index (χ2v) is 3.13. The number of ketones is 1. The number of Topliss-reactive ketones (excluding diaryl/α,β-unsaturated/α-hetero) is 1. The molecule has 0 radical (unpaired) electrons. The fraction of sp³-hybridized carbons (Fsp3) is 0.200. The lowest BCUT2D eigenvalue weighted by Crippen LogP contribution is -2.25. The summed E-state index contributed by atoms with van der Waals surface area (Å²) < 4.78 is 0. The summed E-state index contributed by atoms with van der Waals surface area (Å²) in [5, 5.41) is 26.5. The summed E-state index contributed by atoms with van der Waals surface area (Å²) in [5.74, 6) is -2.06. The molecule has 0 spiro atoms. The van der Waals surface area contributed by atoms with E-state index in [1.807, 2.05) is 0 Å². The zero-order chi connectivity index (χ0) is 12.3. The van der Waals surface area contributed by atoms with Gasteiger partial charge in [-0.05, 0) is 12.1 Å². The number of hydrogen-bond acceptors (Lipinski definition) is 5. The number of nitrogens with two attached hydrogens (primary N) is 1. The van der Waals surface area contributed by atoms with E-state index in [-0.39, 0.29) is 16.8 Å². The number of benzene rings is 1. The first-order valence-corrected chi connectivity index (χ1v) is 4.44. The van der Waals surface area contributed by atoms with Crippen LogP contribution in [0.2, 0.25) is 0 Å². The van der Waals surface area contributed by atoms with E-state index in [1.165, 1.54) is 18.2 Å². The zero-order valence-corrected chi connectivity index (χ0v) is 8.25. The highest BCUT2D eigenvalue weighted by atomic mass is 16.4. The maximum absolute atomic E-state index is 11.5. The van der Waals surface area contributed by atoms with Crippen molar-refractivity contribution in [1.29, 1.82) is 0 Å². The van der Waals surface area contributed by atoms with E-state index in [0.717, 1.165) is 0 Å². The van der Waals surface area contributed by atoms with Crippen molar-refractivity contribution in [3.8, 4) is 0 Å². The SMILES string of the molecule is Nc1c(C(=O)O)cccc1C(=O)C(O)CO. The molecule has 0 fully saturated rings. The average Bonchev–Trinajstić information content (AvgIpc) is 2.27. The highest BCUT2D eigenvalue weighted by molar-refractivity contribution is 6.07. The molecule has 0 aromatic heterocycles. The Bertz CT molecular complexity index is 429. The minimum absolute atomic E-state index is 0.110. The molecule has 1 unspecified atom stereocenters. The van der Waals surface area contributed by atoms with Gasteiger partial charge in [0.05, 0.1) is 17.9 Å². The Balaban J connectivity index is 3.20. The number of rotatable bonds is 4. The highest BCUT2D eigenvalue weighted by Crippen LogP contribution is 2.19. The third-order valence-corrected chi connectivity index (χ3v) is 2.08. The Labute approximate surface area is 90.9 Å². The zero-order valence-electron chi connectivity index (χ0n) is 8.25. The molecule has 86 valence electrons. The molecule has 1 atom stereocenters. The lowest BCUT2D eigenvalue weighted by atomic mass is 10.0. The Hall–Kier alpha value is -1.92. The number of para-hydroxylation sites is 1. The van der Waals surface area contributed by atoms with E-state index in [4.69, 9.17) is 21.1 Å². The Morgan fingerprint density at radius 3 is 2.38 bits per heavy atom. The van der Waals surface area contributed by atoms with Crippen molar-refractivity contribution < 1.29 is 24.9 Å². The number of aliphatic hydroxyl groups is 2. The minimum atomic E-state index is -1.59. The topological polar surface area (TPSA) is 121 Å². The number of carbonyl (C=O) groups excluding carboxylic acids is 1. The van der Waals surface area contributed by atoms with Crippen LogP contribution in [-0.4, -0.2) is 39.8 Å². The maximum atomic E-state index is 11.5. The van der Waals surface area contributed by atoms with E-state index >= 15 is 0 Å². The van der Waals surface area contributed by atoms with Gasteiger partial charge in [-0.2, -0.15) is 0 Å². The van der Waals surface area contributed by atoms with E-state index in [0.29, 0.717) is 0 Å². The van der Waals surface area contributed by atoms with Gasteiger partial charge in [-0.15, -0.1) is 0 Å². The van der Waals surface area contributed by atoms with Crippen LogP contribution in [0.4, 0.5) is 5.69 Å². The van der Waals surface area contributed by atoms with Crippen molar-refractivity contribution in [1.82, 2.24) is 0 Å². The predicted octanol–water partition coefficient (Wildman–Crippen LogP) is -0.497. The van der Waals surface area contributed by atoms with Crippen LogP contribution in [0.25, 0.3) is 0 Å². The number of nitrogen functional groups attached to an aromatic ring is 1. The largest absolute Gasteiger partial charge is 0.478 e. The molecule has 0 saturated carbocycles. The first-order chi connectivity index (χ1) is 7.49. The van der Waals surface area contributed by atoms with Gasteiger partial charge in [-0.1, -0.05) is 6.07 Å². The summed E-state index contributed by atoms with van der Waals surface area (Å²) in [7, 11) is 0. The van der Waals surface area contributed by atoms with Crippen LogP contribution in [-0.2, 0) is 0 Å². The van der Waals surface area contributed by atoms with Gasteiger partial charge < -0.3 is 21.1 Å². The molecule has 1 aromatic carbocycles. The van der Waals surface area contributed by atoms with E-state index in [1.54, 1.807) is 0 Å². The minimum Gasteiger partial charge on any atom is -0.478 e. The van der Waals surface area contributed by atoms with Gasteiger partial charge in [0.15, 0.2) is 5.78 Å². The number of carbonyl (C=O) groups is 2. The van der Waals surface area contributed by atoms with Crippen molar-refractivity contribution in [2.45, 2.75) is 6.10 Å². The third-order valence-electron chi connectivity index (χ3n) is 2.08. The van der Waals surface area contributed by atoms with E-state index in [2.05, 4.69) is 0 Å². The molecular formula is C10H11NO5. The summed E-state index contributed by atoms with van der Waals surface area (Å²) in [6.07, 6.45) is -1.59. The number of aromatic carboxylic acids is 1. The molecule has 0 aliphatic rings. The van der Waals surface area contributed by atoms with Gasteiger partial charge in [-0.25, -0.2) is 4.79 Å². The summed E-state index contributed by atoms with van der Waals surface area (Å²) in [5.41, 5.74) is 4.95. The normalized spacial score (nSPS) is 12.1. The maximum Gasteiger partial charge on any atom is 0.337 e. The summed E-state index contributed by atoms with van der Waals surface area (Å²) in [6, 6.07) is 3.89. The molecule has 1 aromatic rings. The van der Waals surface area contributed by atoms with Crippen LogP contribution in [0, 0.1) is 0 Å². The lowest BCUT2D eigenvalue weighted by Gasteiger charge is -2.10. The second-order valence-electron chi connectivity index (χ2n) is 3.13. The van der Waals surface area contributed by atoms with Gasteiger partial charge in [0.1, 0.15) is 6.10 Å². The molecule has 5 N–H and O–H groups in total. The Morgan fingerprint density at radius 2 is 1.88 bits per heavy atom. The molecule has 1 rings (SSSR count). The second kappa shape index (κ2) is 4.73. The van der Waals surface area contributed by atoms with Crippen LogP contribution in [0.5, 0.6) is 0 Å². The molecule has 0 heterocycles. The number of aliphatic hydroxyl groups excluding tert-OH is 2. The first-order valence-electron chi connectivity index (χ1n) is 4.44. The van der Waals surface area contributed by atoms with Crippen molar-refractivity contribution >= 4 is 17.4 Å². The standard InChI is InChI=1S/C10H11NO5/c11-8-5(9(14)7(13)4-12)2-1-3-6(8)10(15)16/h1-3,7,12-13H,4,11H2,(H,15,16). The number of carboxylic acids is 1. The molecule has 0 bridgehead atoms. The van der Waals surface area contributed by atoms with Crippen molar-refractivity contribution in [2.75, 3.05) is 12.3 Å². The van der Waals surface area contributed by atoms with Crippen LogP contribution < -0.4 is 5.73 Å². The predicted molar refractivity (Wildman–Crippen MR) is 55.2 cm³/mol. The first kappa shape index (κ1) is 12.2. The summed E-state index contributed by atoms with van der Waals surface area (Å²) in [4.78, 5) is 22.2. The number of anilines is 1. The lowest BCUT2D eigenvalue weighted by molar-refractivity contribution is 0.0588. The smallest absolute Gasteiger partial charge is 0.337 e. The number of hydrogen-bond donors (Lipinski definition) is 4. The van der Waals surface area contributed by atoms with Gasteiger partial charge in [0, 0.05) is 5.56 Å².